The Kier molecular flexibility index (Phi) is 6.64. The number of carbonyl (C=O) groups is 1. The molecule has 1 heterocycles. The molecule has 1 amide bonds. The number of aliphatic hydroxyl groups excluding tert-OH is 1. The number of amides is 1. The zero-order valence-electron chi connectivity index (χ0n) is 18.1. The zero-order valence-corrected chi connectivity index (χ0v) is 18.9. The molecule has 2 fully saturated rings. The summed E-state index contributed by atoms with van der Waals surface area (Å²) < 4.78 is 36.3. The lowest BCUT2D eigenvalue weighted by atomic mass is 9.72. The van der Waals surface area contributed by atoms with E-state index >= 15 is 0 Å². The van der Waals surface area contributed by atoms with Crippen molar-refractivity contribution < 1.29 is 27.8 Å². The fraction of sp³-hybridized carbons (Fsp3) is 0.667. The van der Waals surface area contributed by atoms with Crippen LogP contribution in [0.3, 0.4) is 0 Å². The van der Waals surface area contributed by atoms with Crippen molar-refractivity contribution >= 4 is 15.9 Å². The molecule has 1 saturated carbocycles. The fourth-order valence-electron chi connectivity index (χ4n) is 3.93. The Morgan fingerprint density at radius 3 is 2.63 bits per heavy atom. The van der Waals surface area contributed by atoms with E-state index in [1.165, 1.54) is 12.8 Å². The smallest absolute Gasteiger partial charge is 0.237 e. The highest BCUT2D eigenvalue weighted by molar-refractivity contribution is 7.88. The Hall–Kier alpha value is -1.84. The van der Waals surface area contributed by atoms with Gasteiger partial charge in [0, 0.05) is 24.4 Å². The number of ether oxygens (including phenoxy) is 2. The predicted molar refractivity (Wildman–Crippen MR) is 113 cm³/mol. The minimum atomic E-state index is -3.46. The normalized spacial score (nSPS) is 25.2. The number of aliphatic hydroxyl groups is 1. The van der Waals surface area contributed by atoms with Gasteiger partial charge in [-0.05, 0) is 43.4 Å². The van der Waals surface area contributed by atoms with E-state index in [2.05, 4.69) is 4.72 Å². The van der Waals surface area contributed by atoms with Gasteiger partial charge in [0.25, 0.3) is 0 Å². The molecule has 1 saturated heterocycles. The third-order valence-corrected chi connectivity index (χ3v) is 6.95. The summed E-state index contributed by atoms with van der Waals surface area (Å²) in [5.74, 6) is 1.48. The van der Waals surface area contributed by atoms with Gasteiger partial charge >= 0.3 is 0 Å². The molecule has 168 valence electrons. The second-order valence-corrected chi connectivity index (χ2v) is 10.6. The van der Waals surface area contributed by atoms with E-state index < -0.39 is 21.5 Å². The fourth-order valence-corrected chi connectivity index (χ4v) is 4.32. The molecular weight excluding hydrogens is 408 g/mol. The van der Waals surface area contributed by atoms with Gasteiger partial charge in [-0.1, -0.05) is 13.0 Å². The van der Waals surface area contributed by atoms with Crippen LogP contribution in [0.4, 0.5) is 0 Å². The van der Waals surface area contributed by atoms with Crippen molar-refractivity contribution in [3.05, 3.63) is 23.8 Å². The molecule has 0 bridgehead atoms. The van der Waals surface area contributed by atoms with Crippen LogP contribution in [0.25, 0.3) is 0 Å². The van der Waals surface area contributed by atoms with Gasteiger partial charge in [-0.2, -0.15) is 0 Å². The number of benzene rings is 1. The summed E-state index contributed by atoms with van der Waals surface area (Å²) in [6.07, 6.45) is 2.72. The average Bonchev–Trinajstić information content (AvgIpc) is 3.44. The topological polar surface area (TPSA) is 105 Å². The van der Waals surface area contributed by atoms with E-state index in [1.54, 1.807) is 18.9 Å². The number of nitrogens with one attached hydrogen (secondary N) is 1. The van der Waals surface area contributed by atoms with E-state index in [4.69, 9.17) is 9.47 Å². The number of hydrogen-bond acceptors (Lipinski definition) is 6. The maximum absolute atomic E-state index is 12.6. The molecule has 1 aliphatic heterocycles. The van der Waals surface area contributed by atoms with Gasteiger partial charge in [-0.25, -0.2) is 13.1 Å². The first kappa shape index (κ1) is 22.8. The highest BCUT2D eigenvalue weighted by atomic mass is 32.2. The summed E-state index contributed by atoms with van der Waals surface area (Å²) in [4.78, 5) is 14.2. The summed E-state index contributed by atoms with van der Waals surface area (Å²) >= 11 is 0. The van der Waals surface area contributed by atoms with E-state index in [1.807, 2.05) is 25.1 Å². The molecule has 1 aromatic carbocycles. The van der Waals surface area contributed by atoms with Gasteiger partial charge in [0.2, 0.25) is 15.9 Å². The van der Waals surface area contributed by atoms with Gasteiger partial charge < -0.3 is 19.5 Å². The quantitative estimate of drug-likeness (QED) is 0.601. The first-order valence-corrected chi connectivity index (χ1v) is 12.1. The van der Waals surface area contributed by atoms with Crippen molar-refractivity contribution in [1.29, 1.82) is 0 Å². The Morgan fingerprint density at radius 2 is 2.07 bits per heavy atom. The molecule has 3 rings (SSSR count). The van der Waals surface area contributed by atoms with Crippen LogP contribution in [0.15, 0.2) is 18.2 Å². The van der Waals surface area contributed by atoms with Crippen LogP contribution in [0.5, 0.6) is 11.5 Å². The third kappa shape index (κ3) is 5.25. The SMILES string of the molecule is COc1ccc([C@@H]2CN(C(=O)CNS(C)(=O)=O)C[C@@]2(C)[C@@H](C)O)cc1OCC1CC1. The maximum atomic E-state index is 12.6. The Labute approximate surface area is 178 Å². The lowest BCUT2D eigenvalue weighted by Crippen LogP contribution is -2.41. The van der Waals surface area contributed by atoms with Crippen LogP contribution < -0.4 is 14.2 Å². The summed E-state index contributed by atoms with van der Waals surface area (Å²) in [5, 5.41) is 10.6. The number of likely N-dealkylation sites (tertiary alicyclic amines) is 1. The van der Waals surface area contributed by atoms with E-state index in [0.29, 0.717) is 37.1 Å². The molecule has 8 nitrogen and oxygen atoms in total. The standard InChI is InChI=1S/C21H32N2O6S/c1-14(24)21(2)13-23(20(25)10-22-30(4,26)27)11-17(21)16-7-8-18(28-3)19(9-16)29-12-15-5-6-15/h7-9,14-15,17,22,24H,5-6,10-13H2,1-4H3/t14-,17+,21+/m1/s1. The highest BCUT2D eigenvalue weighted by Crippen LogP contribution is 2.47. The molecule has 9 heteroatoms. The van der Waals surface area contributed by atoms with Crippen molar-refractivity contribution in [2.45, 2.75) is 38.7 Å². The number of nitrogens with zero attached hydrogens (tertiary/aromatic N) is 1. The lowest BCUT2D eigenvalue weighted by Gasteiger charge is -2.33. The largest absolute Gasteiger partial charge is 0.493 e. The van der Waals surface area contributed by atoms with Crippen molar-refractivity contribution in [3.8, 4) is 11.5 Å². The molecule has 2 aliphatic rings. The van der Waals surface area contributed by atoms with Crippen LogP contribution in [0, 0.1) is 11.3 Å². The van der Waals surface area contributed by atoms with Gasteiger partial charge in [-0.3, -0.25) is 4.79 Å². The number of carbonyl (C=O) groups excluding carboxylic acids is 1. The van der Waals surface area contributed by atoms with E-state index in [0.717, 1.165) is 11.8 Å². The molecule has 2 N–H and O–H groups in total. The van der Waals surface area contributed by atoms with Crippen molar-refractivity contribution in [2.75, 3.05) is 39.6 Å². The van der Waals surface area contributed by atoms with Gasteiger partial charge in [-0.15, -0.1) is 0 Å². The van der Waals surface area contributed by atoms with E-state index in [9.17, 15) is 18.3 Å². The summed E-state index contributed by atoms with van der Waals surface area (Å²) in [5.41, 5.74) is 0.375. The molecule has 1 aliphatic carbocycles. The zero-order chi connectivity index (χ0) is 22.1. The molecule has 30 heavy (non-hydrogen) atoms. The summed E-state index contributed by atoms with van der Waals surface area (Å²) in [6.45, 7) is 4.77. The van der Waals surface area contributed by atoms with Crippen LogP contribution in [-0.4, -0.2) is 70.0 Å². The van der Waals surface area contributed by atoms with Gasteiger partial charge in [0.1, 0.15) is 0 Å². The Morgan fingerprint density at radius 1 is 1.37 bits per heavy atom. The molecule has 0 aromatic heterocycles. The first-order chi connectivity index (χ1) is 14.0. The van der Waals surface area contributed by atoms with Crippen LogP contribution in [0.1, 0.15) is 38.2 Å². The second-order valence-electron chi connectivity index (χ2n) is 8.77. The summed E-state index contributed by atoms with van der Waals surface area (Å²) in [7, 11) is -1.86. The second kappa shape index (κ2) is 8.72. The highest BCUT2D eigenvalue weighted by Gasteiger charge is 2.48. The minimum absolute atomic E-state index is 0.131. The van der Waals surface area contributed by atoms with Crippen molar-refractivity contribution in [2.24, 2.45) is 11.3 Å². The van der Waals surface area contributed by atoms with Gasteiger partial charge in [0.15, 0.2) is 11.5 Å². The Balaban J connectivity index is 1.83. The number of rotatable bonds is 9. The molecule has 1 aromatic rings. The average molecular weight is 441 g/mol. The van der Waals surface area contributed by atoms with Crippen molar-refractivity contribution in [3.63, 3.8) is 0 Å². The predicted octanol–water partition coefficient (Wildman–Crippen LogP) is 1.35. The van der Waals surface area contributed by atoms with Gasteiger partial charge in [0.05, 0.1) is 32.6 Å². The Bertz CT molecular complexity index is 883. The molecule has 0 spiro atoms. The minimum Gasteiger partial charge on any atom is -0.493 e. The number of hydrogen-bond donors (Lipinski definition) is 2. The first-order valence-electron chi connectivity index (χ1n) is 10.2. The number of sulfonamides is 1. The van der Waals surface area contributed by atoms with Crippen LogP contribution in [0.2, 0.25) is 0 Å². The maximum Gasteiger partial charge on any atom is 0.237 e. The van der Waals surface area contributed by atoms with Crippen LogP contribution >= 0.6 is 0 Å². The lowest BCUT2D eigenvalue weighted by molar-refractivity contribution is -0.129. The molecule has 3 atom stereocenters. The molecule has 0 radical (unpaired) electrons. The number of methoxy groups -OCH3 is 1. The third-order valence-electron chi connectivity index (χ3n) is 6.28. The molecular formula is C21H32N2O6S. The van der Waals surface area contributed by atoms with Crippen molar-refractivity contribution in [1.82, 2.24) is 9.62 Å². The summed E-state index contributed by atoms with van der Waals surface area (Å²) in [6, 6.07) is 5.74. The van der Waals surface area contributed by atoms with Crippen LogP contribution in [-0.2, 0) is 14.8 Å². The monoisotopic (exact) mass is 440 g/mol. The van der Waals surface area contributed by atoms with E-state index in [-0.39, 0.29) is 18.4 Å². The molecule has 0 unspecified atom stereocenters.